The maximum Gasteiger partial charge on any atom is 0.519 e. The van der Waals surface area contributed by atoms with Gasteiger partial charge in [-0.25, -0.2) is 19.2 Å². The third kappa shape index (κ3) is 1.86. The molecule has 4 unspecified atom stereocenters. The van der Waals surface area contributed by atoms with Crippen molar-refractivity contribution in [1.82, 2.24) is 0 Å². The van der Waals surface area contributed by atoms with E-state index in [2.05, 4.69) is 9.47 Å². The Morgan fingerprint density at radius 3 is 1.09 bits per heavy atom. The summed E-state index contributed by atoms with van der Waals surface area (Å²) in [6.07, 6.45) is -6.92. The molecule has 0 aromatic carbocycles. The standard InChI is InChI=1S/C12H10O10/c13-9-17-5-3-1-2-4(7(5)19-11(15)21-9)8-6(3)18-10(14)22-12(16)20-8/h3-8H,1-2H2. The van der Waals surface area contributed by atoms with Crippen molar-refractivity contribution in [3.63, 3.8) is 0 Å². The van der Waals surface area contributed by atoms with Crippen molar-refractivity contribution in [2.24, 2.45) is 11.8 Å². The molecule has 10 heteroatoms. The third-order valence-corrected chi connectivity index (χ3v) is 4.43. The van der Waals surface area contributed by atoms with Crippen LogP contribution in [0.4, 0.5) is 19.2 Å². The maximum absolute atomic E-state index is 11.4. The van der Waals surface area contributed by atoms with Crippen LogP contribution in [0.1, 0.15) is 12.8 Å². The first-order chi connectivity index (χ1) is 10.5. The minimum atomic E-state index is -1.17. The molecule has 0 spiro atoms. The summed E-state index contributed by atoms with van der Waals surface area (Å²) in [4.78, 5) is 45.6. The van der Waals surface area contributed by atoms with Gasteiger partial charge >= 0.3 is 24.6 Å². The Hall–Kier alpha value is -2.52. The fourth-order valence-corrected chi connectivity index (χ4v) is 3.68. The van der Waals surface area contributed by atoms with Crippen molar-refractivity contribution in [2.75, 3.05) is 0 Å². The molecule has 5 fully saturated rings. The Morgan fingerprint density at radius 1 is 0.545 bits per heavy atom. The lowest BCUT2D eigenvalue weighted by Gasteiger charge is -2.50. The van der Waals surface area contributed by atoms with Gasteiger partial charge in [0.15, 0.2) is 0 Å². The molecule has 0 aromatic heterocycles. The predicted octanol–water partition coefficient (Wildman–Crippen LogP) is 1.11. The first kappa shape index (κ1) is 13.2. The third-order valence-electron chi connectivity index (χ3n) is 4.43. The van der Waals surface area contributed by atoms with Crippen LogP contribution in [-0.4, -0.2) is 49.0 Å². The summed E-state index contributed by atoms with van der Waals surface area (Å²) in [5.41, 5.74) is 0. The molecule has 2 bridgehead atoms. The molecule has 0 aromatic rings. The van der Waals surface area contributed by atoms with E-state index in [9.17, 15) is 19.2 Å². The Balaban J connectivity index is 1.70. The van der Waals surface area contributed by atoms with Gasteiger partial charge in [-0.1, -0.05) is 0 Å². The summed E-state index contributed by atoms with van der Waals surface area (Å²) in [7, 11) is 0. The molecule has 10 nitrogen and oxygen atoms in total. The van der Waals surface area contributed by atoms with E-state index in [4.69, 9.17) is 18.9 Å². The molecule has 3 aliphatic carbocycles. The molecule has 3 saturated carbocycles. The second-order valence-electron chi connectivity index (χ2n) is 5.44. The van der Waals surface area contributed by atoms with Crippen LogP contribution >= 0.6 is 0 Å². The van der Waals surface area contributed by atoms with Gasteiger partial charge in [0.2, 0.25) is 0 Å². The molecule has 2 saturated heterocycles. The van der Waals surface area contributed by atoms with E-state index in [0.717, 1.165) is 0 Å². The first-order valence-electron chi connectivity index (χ1n) is 6.71. The Bertz CT molecular complexity index is 476. The second-order valence-corrected chi connectivity index (χ2v) is 5.44. The van der Waals surface area contributed by atoms with Crippen LogP contribution in [0.25, 0.3) is 0 Å². The zero-order valence-corrected chi connectivity index (χ0v) is 11.0. The summed E-state index contributed by atoms with van der Waals surface area (Å²) in [6.45, 7) is 0. The summed E-state index contributed by atoms with van der Waals surface area (Å²) >= 11 is 0. The Labute approximate surface area is 122 Å². The molecular weight excluding hydrogens is 304 g/mol. The summed E-state index contributed by atoms with van der Waals surface area (Å²) in [5, 5.41) is 0. The topological polar surface area (TPSA) is 124 Å². The fraction of sp³-hybridized carbons (Fsp3) is 0.667. The molecular formula is C12H10O10. The van der Waals surface area contributed by atoms with Crippen LogP contribution in [-0.2, 0) is 28.4 Å². The van der Waals surface area contributed by atoms with Gasteiger partial charge < -0.3 is 28.4 Å². The highest BCUT2D eigenvalue weighted by Gasteiger charge is 2.63. The van der Waals surface area contributed by atoms with Gasteiger partial charge in [0.25, 0.3) is 0 Å². The average Bonchev–Trinajstić information content (AvgIpc) is 2.68. The Morgan fingerprint density at radius 2 is 0.818 bits per heavy atom. The second kappa shape index (κ2) is 4.49. The highest BCUT2D eigenvalue weighted by atomic mass is 16.8. The van der Waals surface area contributed by atoms with Gasteiger partial charge in [-0.3, -0.25) is 0 Å². The molecule has 5 rings (SSSR count). The van der Waals surface area contributed by atoms with Crippen LogP contribution in [0.15, 0.2) is 0 Å². The van der Waals surface area contributed by atoms with E-state index >= 15 is 0 Å². The van der Waals surface area contributed by atoms with Crippen molar-refractivity contribution in [3.8, 4) is 0 Å². The molecule has 0 N–H and O–H groups in total. The smallest absolute Gasteiger partial charge is 0.426 e. The van der Waals surface area contributed by atoms with Gasteiger partial charge in [-0.2, -0.15) is 0 Å². The van der Waals surface area contributed by atoms with E-state index in [-0.39, 0.29) is 0 Å². The summed E-state index contributed by atoms with van der Waals surface area (Å²) < 4.78 is 28.9. The molecule has 4 atom stereocenters. The average molecular weight is 314 g/mol. The molecule has 22 heavy (non-hydrogen) atoms. The minimum absolute atomic E-state index is 0.489. The summed E-state index contributed by atoms with van der Waals surface area (Å²) in [6, 6.07) is 0. The Kier molecular flexibility index (Phi) is 2.68. The van der Waals surface area contributed by atoms with Gasteiger partial charge in [0.1, 0.15) is 24.4 Å². The van der Waals surface area contributed by atoms with Crippen molar-refractivity contribution in [2.45, 2.75) is 37.3 Å². The van der Waals surface area contributed by atoms with E-state index < -0.39 is 60.9 Å². The lowest BCUT2D eigenvalue weighted by molar-refractivity contribution is -0.196. The van der Waals surface area contributed by atoms with Crippen molar-refractivity contribution in [1.29, 1.82) is 0 Å². The van der Waals surface area contributed by atoms with Crippen molar-refractivity contribution >= 4 is 24.6 Å². The SMILES string of the molecule is O=C1OC(=O)OC2C3CCC(C2O1)C1OC(=O)OC(=O)OC31. The highest BCUT2D eigenvalue weighted by molar-refractivity contribution is 5.79. The van der Waals surface area contributed by atoms with Crippen LogP contribution < -0.4 is 0 Å². The van der Waals surface area contributed by atoms with E-state index in [1.165, 1.54) is 0 Å². The molecule has 0 amide bonds. The van der Waals surface area contributed by atoms with Gasteiger partial charge in [-0.05, 0) is 12.8 Å². The normalized spacial score (nSPS) is 42.9. The minimum Gasteiger partial charge on any atom is -0.426 e. The molecule has 118 valence electrons. The molecule has 2 aliphatic heterocycles. The number of hydrogen-bond acceptors (Lipinski definition) is 10. The van der Waals surface area contributed by atoms with Crippen LogP contribution in [0, 0.1) is 11.8 Å². The van der Waals surface area contributed by atoms with E-state index in [1.807, 2.05) is 0 Å². The lowest BCUT2D eigenvalue weighted by atomic mass is 9.63. The number of hydrogen-bond donors (Lipinski definition) is 0. The number of fused-ring (bicyclic) bond motifs is 1. The van der Waals surface area contributed by atoms with Gasteiger partial charge in [0.05, 0.1) is 0 Å². The zero-order chi connectivity index (χ0) is 15.4. The first-order valence-corrected chi connectivity index (χ1v) is 6.71. The quantitative estimate of drug-likeness (QED) is 0.364. The maximum atomic E-state index is 11.4. The molecule has 5 aliphatic rings. The molecule has 0 radical (unpaired) electrons. The lowest BCUT2D eigenvalue weighted by Crippen LogP contribution is -2.64. The van der Waals surface area contributed by atoms with Crippen LogP contribution in [0.2, 0.25) is 0 Å². The largest absolute Gasteiger partial charge is 0.519 e. The predicted molar refractivity (Wildman–Crippen MR) is 59.5 cm³/mol. The number of rotatable bonds is 0. The zero-order valence-electron chi connectivity index (χ0n) is 11.0. The number of carbonyl (C=O) groups excluding carboxylic acids is 4. The molecule has 2 heterocycles. The van der Waals surface area contributed by atoms with Crippen LogP contribution in [0.3, 0.4) is 0 Å². The van der Waals surface area contributed by atoms with Crippen LogP contribution in [0.5, 0.6) is 0 Å². The highest BCUT2D eigenvalue weighted by Crippen LogP contribution is 2.48. The summed E-state index contributed by atoms with van der Waals surface area (Å²) in [5.74, 6) is -0.978. The van der Waals surface area contributed by atoms with E-state index in [1.54, 1.807) is 0 Å². The number of carbonyl (C=O) groups is 4. The number of cyclic esters (lactones) is 4. The van der Waals surface area contributed by atoms with Gasteiger partial charge in [0, 0.05) is 11.8 Å². The van der Waals surface area contributed by atoms with E-state index in [0.29, 0.717) is 12.8 Å². The number of ether oxygens (including phenoxy) is 6. The monoisotopic (exact) mass is 314 g/mol. The van der Waals surface area contributed by atoms with Gasteiger partial charge in [-0.15, -0.1) is 0 Å². The van der Waals surface area contributed by atoms with Crippen molar-refractivity contribution < 1.29 is 47.6 Å². The van der Waals surface area contributed by atoms with Crippen molar-refractivity contribution in [3.05, 3.63) is 0 Å². The fourth-order valence-electron chi connectivity index (χ4n) is 3.68.